The zero-order valence-corrected chi connectivity index (χ0v) is 15.9. The van der Waals surface area contributed by atoms with Crippen LogP contribution >= 0.6 is 0 Å². The standard InChI is InChI=1S/C21H19N5O3/c1-14(27)24-19-7-3-16(4-8-19)11-18(12-22)21(29)26-23-13-17-5-9-20(10-6-17)25-15(2)28/h3-11,13H,1-2H3,(H,24,27)(H,25,28)(H,26,29)/b18-11-,23-13+. The smallest absolute Gasteiger partial charge is 0.282 e. The van der Waals surface area contributed by atoms with E-state index < -0.39 is 5.91 Å². The van der Waals surface area contributed by atoms with Crippen LogP contribution in [0, 0.1) is 11.3 Å². The lowest BCUT2D eigenvalue weighted by Crippen LogP contribution is -2.19. The second-order valence-electron chi connectivity index (χ2n) is 5.98. The maximum absolute atomic E-state index is 12.1. The summed E-state index contributed by atoms with van der Waals surface area (Å²) in [6, 6.07) is 15.4. The number of nitrogens with zero attached hydrogens (tertiary/aromatic N) is 2. The molecule has 0 saturated heterocycles. The second kappa shape index (κ2) is 10.2. The lowest BCUT2D eigenvalue weighted by molar-refractivity contribution is -0.117. The van der Waals surface area contributed by atoms with Crippen LogP contribution in [-0.4, -0.2) is 23.9 Å². The van der Waals surface area contributed by atoms with Gasteiger partial charge in [0.05, 0.1) is 6.21 Å². The Morgan fingerprint density at radius 1 is 0.862 bits per heavy atom. The molecule has 3 amide bonds. The second-order valence-corrected chi connectivity index (χ2v) is 5.98. The third kappa shape index (κ3) is 7.11. The number of hydrogen-bond donors (Lipinski definition) is 3. The molecule has 0 heterocycles. The summed E-state index contributed by atoms with van der Waals surface area (Å²) in [5.74, 6) is -1.00. The van der Waals surface area contributed by atoms with Crippen molar-refractivity contribution < 1.29 is 14.4 Å². The van der Waals surface area contributed by atoms with E-state index in [0.717, 1.165) is 0 Å². The van der Waals surface area contributed by atoms with Gasteiger partial charge in [-0.15, -0.1) is 0 Å². The Bertz CT molecular complexity index is 1000. The third-order valence-corrected chi connectivity index (χ3v) is 3.52. The maximum Gasteiger partial charge on any atom is 0.282 e. The van der Waals surface area contributed by atoms with Crippen molar-refractivity contribution in [3.05, 3.63) is 65.2 Å². The molecule has 0 radical (unpaired) electrons. The first-order chi connectivity index (χ1) is 13.9. The van der Waals surface area contributed by atoms with Crippen LogP contribution < -0.4 is 16.1 Å². The summed E-state index contributed by atoms with van der Waals surface area (Å²) in [5, 5.41) is 18.3. The topological polar surface area (TPSA) is 123 Å². The predicted molar refractivity (Wildman–Crippen MR) is 111 cm³/mol. The summed E-state index contributed by atoms with van der Waals surface area (Å²) >= 11 is 0. The molecule has 3 N–H and O–H groups in total. The SMILES string of the molecule is CC(=O)Nc1ccc(/C=C(/C#N)C(=O)N/N=C/c2ccc(NC(C)=O)cc2)cc1. The molecule has 0 fully saturated rings. The predicted octanol–water partition coefficient (Wildman–Crippen LogP) is 2.66. The number of nitriles is 1. The maximum atomic E-state index is 12.1. The fourth-order valence-corrected chi connectivity index (χ4v) is 2.26. The Hall–Kier alpha value is -4.25. The fourth-order valence-electron chi connectivity index (χ4n) is 2.26. The van der Waals surface area contributed by atoms with Crippen molar-refractivity contribution in [2.24, 2.45) is 5.10 Å². The minimum atomic E-state index is -0.649. The Morgan fingerprint density at radius 2 is 1.34 bits per heavy atom. The highest BCUT2D eigenvalue weighted by Gasteiger charge is 2.08. The van der Waals surface area contributed by atoms with Gasteiger partial charge in [-0.05, 0) is 41.5 Å². The van der Waals surface area contributed by atoms with Crippen molar-refractivity contribution in [3.63, 3.8) is 0 Å². The van der Waals surface area contributed by atoms with Gasteiger partial charge in [-0.2, -0.15) is 10.4 Å². The molecule has 2 aromatic rings. The normalized spacial score (nSPS) is 10.9. The van der Waals surface area contributed by atoms with Gasteiger partial charge in [0, 0.05) is 25.2 Å². The average molecular weight is 389 g/mol. The van der Waals surface area contributed by atoms with Crippen LogP contribution in [0.4, 0.5) is 11.4 Å². The van der Waals surface area contributed by atoms with E-state index in [1.54, 1.807) is 48.5 Å². The fraction of sp³-hybridized carbons (Fsp3) is 0.0952. The zero-order chi connectivity index (χ0) is 21.2. The van der Waals surface area contributed by atoms with Crippen LogP contribution in [0.1, 0.15) is 25.0 Å². The lowest BCUT2D eigenvalue weighted by atomic mass is 10.1. The van der Waals surface area contributed by atoms with Crippen molar-refractivity contribution in [2.75, 3.05) is 10.6 Å². The molecule has 0 aliphatic carbocycles. The van der Waals surface area contributed by atoms with Crippen molar-refractivity contribution in [2.45, 2.75) is 13.8 Å². The Balaban J connectivity index is 1.99. The number of carbonyl (C=O) groups is 3. The molecule has 0 spiro atoms. The number of nitrogens with one attached hydrogen (secondary N) is 3. The lowest BCUT2D eigenvalue weighted by Gasteiger charge is -2.03. The van der Waals surface area contributed by atoms with Crippen LogP contribution in [0.25, 0.3) is 6.08 Å². The highest BCUT2D eigenvalue weighted by Crippen LogP contribution is 2.13. The van der Waals surface area contributed by atoms with E-state index in [1.807, 2.05) is 6.07 Å². The highest BCUT2D eigenvalue weighted by atomic mass is 16.2. The van der Waals surface area contributed by atoms with Crippen molar-refractivity contribution in [3.8, 4) is 6.07 Å². The first-order valence-corrected chi connectivity index (χ1v) is 8.58. The van der Waals surface area contributed by atoms with Crippen LogP contribution in [-0.2, 0) is 14.4 Å². The van der Waals surface area contributed by atoms with Crippen LogP contribution in [0.3, 0.4) is 0 Å². The van der Waals surface area contributed by atoms with Crippen LogP contribution in [0.15, 0.2) is 59.2 Å². The van der Waals surface area contributed by atoms with Crippen LogP contribution in [0.2, 0.25) is 0 Å². The third-order valence-electron chi connectivity index (χ3n) is 3.52. The molecule has 0 saturated carbocycles. The summed E-state index contributed by atoms with van der Waals surface area (Å²) in [5.41, 5.74) is 4.78. The largest absolute Gasteiger partial charge is 0.326 e. The summed E-state index contributed by atoms with van der Waals surface area (Å²) in [6.07, 6.45) is 2.84. The molecule has 29 heavy (non-hydrogen) atoms. The summed E-state index contributed by atoms with van der Waals surface area (Å²) < 4.78 is 0. The Morgan fingerprint density at radius 3 is 1.79 bits per heavy atom. The molecule has 2 rings (SSSR count). The number of hydrogen-bond acceptors (Lipinski definition) is 5. The van der Waals surface area contributed by atoms with E-state index in [1.165, 1.54) is 26.1 Å². The zero-order valence-electron chi connectivity index (χ0n) is 15.9. The summed E-state index contributed by atoms with van der Waals surface area (Å²) in [6.45, 7) is 2.83. The quantitative estimate of drug-likeness (QED) is 0.304. The average Bonchev–Trinajstić information content (AvgIpc) is 2.67. The van der Waals surface area contributed by atoms with Crippen LogP contribution in [0.5, 0.6) is 0 Å². The Labute approximate surface area is 167 Å². The molecular formula is C21H19N5O3. The molecule has 0 bridgehead atoms. The van der Waals surface area contributed by atoms with E-state index in [4.69, 9.17) is 0 Å². The van der Waals surface area contributed by atoms with E-state index in [2.05, 4.69) is 21.2 Å². The van der Waals surface area contributed by atoms with Crippen molar-refractivity contribution >= 4 is 41.4 Å². The molecule has 8 nitrogen and oxygen atoms in total. The first-order valence-electron chi connectivity index (χ1n) is 8.58. The Kier molecular flexibility index (Phi) is 7.39. The molecule has 0 unspecified atom stereocenters. The molecule has 0 atom stereocenters. The minimum absolute atomic E-state index is 0.115. The molecule has 0 aliphatic heterocycles. The monoisotopic (exact) mass is 389 g/mol. The van der Waals surface area contributed by atoms with Gasteiger partial charge in [0.15, 0.2) is 0 Å². The van der Waals surface area contributed by atoms with Gasteiger partial charge in [-0.3, -0.25) is 14.4 Å². The van der Waals surface area contributed by atoms with Gasteiger partial charge in [-0.25, -0.2) is 5.43 Å². The molecular weight excluding hydrogens is 370 g/mol. The highest BCUT2D eigenvalue weighted by molar-refractivity contribution is 6.02. The van der Waals surface area contributed by atoms with Gasteiger partial charge >= 0.3 is 0 Å². The van der Waals surface area contributed by atoms with Gasteiger partial charge in [0.2, 0.25) is 11.8 Å². The van der Waals surface area contributed by atoms with E-state index in [0.29, 0.717) is 22.5 Å². The van der Waals surface area contributed by atoms with Gasteiger partial charge in [-0.1, -0.05) is 24.3 Å². The summed E-state index contributed by atoms with van der Waals surface area (Å²) in [7, 11) is 0. The molecule has 8 heteroatoms. The number of hydrazone groups is 1. The number of benzene rings is 2. The molecule has 2 aromatic carbocycles. The van der Waals surface area contributed by atoms with E-state index in [9.17, 15) is 19.6 Å². The first kappa shape index (κ1) is 21.1. The van der Waals surface area contributed by atoms with Gasteiger partial charge in [0.25, 0.3) is 5.91 Å². The van der Waals surface area contributed by atoms with Crippen molar-refractivity contribution in [1.29, 1.82) is 5.26 Å². The summed E-state index contributed by atoms with van der Waals surface area (Å²) in [4.78, 5) is 34.2. The molecule has 0 aliphatic rings. The number of amides is 3. The van der Waals surface area contributed by atoms with Gasteiger partial charge < -0.3 is 10.6 Å². The number of carbonyl (C=O) groups excluding carboxylic acids is 3. The minimum Gasteiger partial charge on any atom is -0.326 e. The molecule has 0 aromatic heterocycles. The van der Waals surface area contributed by atoms with Crippen molar-refractivity contribution in [1.82, 2.24) is 5.43 Å². The molecule has 146 valence electrons. The number of rotatable bonds is 6. The van der Waals surface area contributed by atoms with E-state index in [-0.39, 0.29) is 17.4 Å². The number of anilines is 2. The van der Waals surface area contributed by atoms with E-state index >= 15 is 0 Å². The van der Waals surface area contributed by atoms with Gasteiger partial charge in [0.1, 0.15) is 11.6 Å².